The molecule has 0 radical (unpaired) electrons. The van der Waals surface area contributed by atoms with E-state index < -0.39 is 6.04 Å². The molecule has 1 N–H and O–H groups in total. The van der Waals surface area contributed by atoms with Gasteiger partial charge in [-0.05, 0) is 42.7 Å². The van der Waals surface area contributed by atoms with E-state index in [1.165, 1.54) is 0 Å². The monoisotopic (exact) mass is 421 g/mol. The number of carbonyl (C=O) groups is 1. The molecule has 0 fully saturated rings. The lowest BCUT2D eigenvalue weighted by molar-refractivity contribution is 0.0716. The highest BCUT2D eigenvalue weighted by molar-refractivity contribution is 5.99. The topological polar surface area (TPSA) is 80.0 Å². The number of amides is 1. The number of hydrogen-bond donors (Lipinski definition) is 1. The highest BCUT2D eigenvalue weighted by atomic mass is 16.5. The molecule has 0 bridgehead atoms. The van der Waals surface area contributed by atoms with Gasteiger partial charge in [0, 0.05) is 13.2 Å². The molecule has 2 heterocycles. The van der Waals surface area contributed by atoms with Crippen LogP contribution in [0.2, 0.25) is 0 Å². The first kappa shape index (κ1) is 21.1. The summed E-state index contributed by atoms with van der Waals surface area (Å²) in [5.41, 5.74) is 1.38. The van der Waals surface area contributed by atoms with Crippen LogP contribution in [-0.2, 0) is 0 Å². The molecule has 6 heteroatoms. The standard InChI is InChI=1S/C25H27NO5/c1-2-3-6-16-30-18-12-10-17(11-13-18)22-21-23(28)19-8-4-5-9-20(19)31-24(21)25(29)26(22)14-7-15-27/h4-5,8-13,22,27H,2-3,6-7,14-16H2,1H3. The number of nitrogens with zero attached hydrogens (tertiary/aromatic N) is 1. The van der Waals surface area contributed by atoms with Crippen LogP contribution in [0.5, 0.6) is 5.75 Å². The fourth-order valence-electron chi connectivity index (χ4n) is 4.07. The molecule has 0 saturated heterocycles. The van der Waals surface area contributed by atoms with Gasteiger partial charge in [0.05, 0.1) is 23.6 Å². The molecular weight excluding hydrogens is 394 g/mol. The van der Waals surface area contributed by atoms with Crippen LogP contribution in [0.1, 0.15) is 60.3 Å². The SMILES string of the molecule is CCCCCOc1ccc(C2c3c(oc4ccccc4c3=O)C(=O)N2CCCO)cc1. The molecule has 31 heavy (non-hydrogen) atoms. The Morgan fingerprint density at radius 1 is 1.03 bits per heavy atom. The van der Waals surface area contributed by atoms with Crippen LogP contribution in [0.25, 0.3) is 11.0 Å². The van der Waals surface area contributed by atoms with Crippen LogP contribution >= 0.6 is 0 Å². The summed E-state index contributed by atoms with van der Waals surface area (Å²) in [6.45, 7) is 3.10. The van der Waals surface area contributed by atoms with Crippen molar-refractivity contribution in [1.82, 2.24) is 4.90 Å². The molecule has 4 rings (SSSR count). The third-order valence-corrected chi connectivity index (χ3v) is 5.64. The van der Waals surface area contributed by atoms with Gasteiger partial charge >= 0.3 is 0 Å². The maximum Gasteiger partial charge on any atom is 0.290 e. The van der Waals surface area contributed by atoms with Crippen molar-refractivity contribution in [2.75, 3.05) is 19.8 Å². The summed E-state index contributed by atoms with van der Waals surface area (Å²) in [6, 6.07) is 13.9. The molecule has 1 aliphatic heterocycles. The number of ether oxygens (including phenoxy) is 1. The molecular formula is C25H27NO5. The average Bonchev–Trinajstić information content (AvgIpc) is 3.08. The minimum atomic E-state index is -0.552. The molecule has 0 saturated carbocycles. The highest BCUT2D eigenvalue weighted by Gasteiger charge is 2.42. The number of aliphatic hydroxyl groups is 1. The zero-order valence-corrected chi connectivity index (χ0v) is 17.7. The van der Waals surface area contributed by atoms with Crippen molar-refractivity contribution in [2.24, 2.45) is 0 Å². The van der Waals surface area contributed by atoms with Crippen molar-refractivity contribution in [3.05, 3.63) is 75.6 Å². The Morgan fingerprint density at radius 2 is 1.81 bits per heavy atom. The maximum absolute atomic E-state index is 13.3. The van der Waals surface area contributed by atoms with Gasteiger partial charge in [-0.2, -0.15) is 0 Å². The van der Waals surface area contributed by atoms with Crippen molar-refractivity contribution in [3.63, 3.8) is 0 Å². The van der Waals surface area contributed by atoms with Crippen LogP contribution in [0, 0.1) is 0 Å². The number of fused-ring (bicyclic) bond motifs is 2. The van der Waals surface area contributed by atoms with E-state index in [9.17, 15) is 14.7 Å². The van der Waals surface area contributed by atoms with Gasteiger partial charge in [0.15, 0.2) is 5.43 Å². The van der Waals surface area contributed by atoms with Crippen molar-refractivity contribution >= 4 is 16.9 Å². The molecule has 1 unspecified atom stereocenters. The average molecular weight is 421 g/mol. The van der Waals surface area contributed by atoms with Crippen molar-refractivity contribution in [1.29, 1.82) is 0 Å². The molecule has 0 spiro atoms. The molecule has 162 valence electrons. The van der Waals surface area contributed by atoms with Crippen LogP contribution < -0.4 is 10.2 Å². The van der Waals surface area contributed by atoms with Gasteiger partial charge in [0.2, 0.25) is 5.76 Å². The van der Waals surface area contributed by atoms with E-state index in [4.69, 9.17) is 9.15 Å². The van der Waals surface area contributed by atoms with Crippen molar-refractivity contribution in [3.8, 4) is 5.75 Å². The van der Waals surface area contributed by atoms with E-state index in [1.54, 1.807) is 29.2 Å². The van der Waals surface area contributed by atoms with Gasteiger partial charge < -0.3 is 19.2 Å². The predicted molar refractivity (Wildman–Crippen MR) is 119 cm³/mol. The number of carbonyl (C=O) groups excluding carboxylic acids is 1. The second-order valence-corrected chi connectivity index (χ2v) is 7.77. The summed E-state index contributed by atoms with van der Waals surface area (Å²) >= 11 is 0. The lowest BCUT2D eigenvalue weighted by Crippen LogP contribution is -2.31. The number of hydrogen-bond acceptors (Lipinski definition) is 5. The Kier molecular flexibility index (Phi) is 6.37. The number of para-hydroxylation sites is 1. The first-order chi connectivity index (χ1) is 15.2. The van der Waals surface area contributed by atoms with Gasteiger partial charge in [-0.3, -0.25) is 9.59 Å². The van der Waals surface area contributed by atoms with Crippen LogP contribution in [-0.4, -0.2) is 35.7 Å². The molecule has 6 nitrogen and oxygen atoms in total. The number of unbranched alkanes of at least 4 members (excludes halogenated alkanes) is 2. The third-order valence-electron chi connectivity index (χ3n) is 5.64. The predicted octanol–water partition coefficient (Wildman–Crippen LogP) is 4.29. The zero-order chi connectivity index (χ0) is 21.8. The quantitative estimate of drug-likeness (QED) is 0.522. The second kappa shape index (κ2) is 9.35. The Labute approximate surface area is 181 Å². The van der Waals surface area contributed by atoms with Crippen LogP contribution in [0.15, 0.2) is 57.7 Å². The zero-order valence-electron chi connectivity index (χ0n) is 17.7. The van der Waals surface area contributed by atoms with E-state index in [-0.39, 0.29) is 23.7 Å². The van der Waals surface area contributed by atoms with Gasteiger partial charge in [-0.25, -0.2) is 0 Å². The maximum atomic E-state index is 13.3. The highest BCUT2D eigenvalue weighted by Crippen LogP contribution is 2.38. The first-order valence-corrected chi connectivity index (χ1v) is 10.9. The Bertz CT molecular complexity index is 1120. The molecule has 1 aromatic heterocycles. The van der Waals surface area contributed by atoms with Crippen molar-refractivity contribution in [2.45, 2.75) is 38.6 Å². The molecule has 2 aromatic carbocycles. The minimum absolute atomic E-state index is 0.0409. The molecule has 3 aromatic rings. The molecule has 1 amide bonds. The summed E-state index contributed by atoms with van der Waals surface area (Å²) in [4.78, 5) is 28.1. The smallest absolute Gasteiger partial charge is 0.290 e. The third kappa shape index (κ3) is 4.08. The van der Waals surface area contributed by atoms with E-state index in [0.717, 1.165) is 30.6 Å². The van der Waals surface area contributed by atoms with E-state index >= 15 is 0 Å². The van der Waals surface area contributed by atoms with Crippen molar-refractivity contribution < 1.29 is 19.1 Å². The van der Waals surface area contributed by atoms with Crippen LogP contribution in [0.3, 0.4) is 0 Å². The second-order valence-electron chi connectivity index (χ2n) is 7.77. The lowest BCUT2D eigenvalue weighted by Gasteiger charge is -2.25. The Balaban J connectivity index is 1.72. The molecule has 1 aliphatic rings. The molecule has 1 atom stereocenters. The van der Waals surface area contributed by atoms with Gasteiger partial charge in [0.25, 0.3) is 5.91 Å². The normalized spacial score (nSPS) is 15.5. The first-order valence-electron chi connectivity index (χ1n) is 10.9. The summed E-state index contributed by atoms with van der Waals surface area (Å²) < 4.78 is 11.7. The number of benzene rings is 2. The van der Waals surface area contributed by atoms with E-state index in [1.807, 2.05) is 24.3 Å². The Hall–Kier alpha value is -3.12. The minimum Gasteiger partial charge on any atom is -0.494 e. The fourth-order valence-corrected chi connectivity index (χ4v) is 4.07. The summed E-state index contributed by atoms with van der Waals surface area (Å²) in [5.74, 6) is 0.527. The summed E-state index contributed by atoms with van der Waals surface area (Å²) in [5, 5.41) is 9.77. The fraction of sp³-hybridized carbons (Fsp3) is 0.360. The van der Waals surface area contributed by atoms with Gasteiger partial charge in [-0.15, -0.1) is 0 Å². The Morgan fingerprint density at radius 3 is 2.55 bits per heavy atom. The van der Waals surface area contributed by atoms with E-state index in [0.29, 0.717) is 36.1 Å². The summed E-state index contributed by atoms with van der Waals surface area (Å²) in [7, 11) is 0. The molecule has 0 aliphatic carbocycles. The number of rotatable bonds is 9. The van der Waals surface area contributed by atoms with Gasteiger partial charge in [0.1, 0.15) is 11.3 Å². The van der Waals surface area contributed by atoms with Crippen LogP contribution in [0.4, 0.5) is 0 Å². The summed E-state index contributed by atoms with van der Waals surface area (Å²) in [6.07, 6.45) is 3.69. The van der Waals surface area contributed by atoms with Gasteiger partial charge in [-0.1, -0.05) is 44.0 Å². The largest absolute Gasteiger partial charge is 0.494 e. The lowest BCUT2D eigenvalue weighted by atomic mass is 9.98. The number of aliphatic hydroxyl groups excluding tert-OH is 1. The van der Waals surface area contributed by atoms with E-state index in [2.05, 4.69) is 6.92 Å².